The van der Waals surface area contributed by atoms with Gasteiger partial charge in [0.15, 0.2) is 0 Å². The van der Waals surface area contributed by atoms with Gasteiger partial charge in [-0.3, -0.25) is 13.7 Å². The molecule has 10 aromatic carbocycles. The first-order valence-corrected chi connectivity index (χ1v) is 26.3. The summed E-state index contributed by atoms with van der Waals surface area (Å²) in [6.45, 7) is 6.73. The van der Waals surface area contributed by atoms with Gasteiger partial charge in [-0.1, -0.05) is 160 Å². The van der Waals surface area contributed by atoms with Crippen LogP contribution < -0.4 is 9.30 Å². The van der Waals surface area contributed by atoms with E-state index in [1.807, 2.05) is 12.3 Å². The zero-order valence-corrected chi connectivity index (χ0v) is 42.8. The van der Waals surface area contributed by atoms with E-state index in [1.165, 1.54) is 38.2 Å². The van der Waals surface area contributed by atoms with Crippen molar-refractivity contribution in [3.63, 3.8) is 0 Å². The molecule has 0 saturated carbocycles. The summed E-state index contributed by atoms with van der Waals surface area (Å²) in [6.07, 6.45) is 5.78. The van der Waals surface area contributed by atoms with Gasteiger partial charge in [0.05, 0.1) is 55.5 Å². The van der Waals surface area contributed by atoms with Gasteiger partial charge < -0.3 is 13.9 Å². The molecule has 0 aliphatic heterocycles. The Balaban J connectivity index is 0.874. The van der Waals surface area contributed by atoms with Crippen LogP contribution in [0.4, 0.5) is 0 Å². The van der Waals surface area contributed by atoms with Crippen LogP contribution in [0.15, 0.2) is 249 Å². The van der Waals surface area contributed by atoms with Gasteiger partial charge >= 0.3 is 0 Å². The molecule has 0 radical (unpaired) electrons. The molecule has 77 heavy (non-hydrogen) atoms. The van der Waals surface area contributed by atoms with Crippen molar-refractivity contribution in [2.45, 2.75) is 26.2 Å². The second-order valence-corrected chi connectivity index (χ2v) is 21.1. The zero-order chi connectivity index (χ0) is 51.4. The van der Waals surface area contributed by atoms with E-state index in [0.29, 0.717) is 5.75 Å². The van der Waals surface area contributed by atoms with Gasteiger partial charge in [0, 0.05) is 56.0 Å². The highest BCUT2D eigenvalue weighted by Gasteiger charge is 2.22. The molecule has 0 aliphatic carbocycles. The number of pyridine rings is 1. The van der Waals surface area contributed by atoms with Crippen LogP contribution in [0.3, 0.4) is 0 Å². The van der Waals surface area contributed by atoms with Gasteiger partial charge in [-0.05, 0) is 119 Å². The molecule has 0 atom stereocenters. The number of hydrogen-bond acceptors (Lipinski definition) is 2. The van der Waals surface area contributed by atoms with E-state index in [1.54, 1.807) is 0 Å². The summed E-state index contributed by atoms with van der Waals surface area (Å²) in [4.78, 5) is 4.98. The van der Waals surface area contributed by atoms with Crippen molar-refractivity contribution in [1.29, 1.82) is 0 Å². The highest BCUT2D eigenvalue weighted by atomic mass is 16.5. The van der Waals surface area contributed by atoms with Gasteiger partial charge in [-0.15, -0.1) is 0 Å². The van der Waals surface area contributed by atoms with E-state index < -0.39 is 0 Å². The molecule has 0 aliphatic rings. The molecular weight excluding hydrogens is 941 g/mol. The molecule has 0 unspecified atom stereocenters. The van der Waals surface area contributed by atoms with Gasteiger partial charge in [0.1, 0.15) is 17.3 Å². The minimum absolute atomic E-state index is 0.0497. The maximum atomic E-state index is 6.89. The van der Waals surface area contributed by atoms with Gasteiger partial charge in [0.25, 0.3) is 6.33 Å². The Morgan fingerprint density at radius 1 is 0.390 bits per heavy atom. The van der Waals surface area contributed by atoms with Gasteiger partial charge in [0.2, 0.25) is 0 Å². The number of nitrogens with zero attached hydrogens (tertiary/aromatic N) is 6. The van der Waals surface area contributed by atoms with Gasteiger partial charge in [-0.25, -0.2) is 4.98 Å². The van der Waals surface area contributed by atoms with Crippen molar-refractivity contribution >= 4 is 76.5 Å². The lowest BCUT2D eigenvalue weighted by Crippen LogP contribution is -2.30. The molecule has 0 fully saturated rings. The van der Waals surface area contributed by atoms with Crippen molar-refractivity contribution in [1.82, 2.24) is 23.3 Å². The van der Waals surface area contributed by atoms with Crippen molar-refractivity contribution in [3.05, 3.63) is 261 Å². The van der Waals surface area contributed by atoms with Crippen molar-refractivity contribution in [2.24, 2.45) is 0 Å². The first-order valence-electron chi connectivity index (χ1n) is 26.3. The molecular formula is C70H50N6O. The van der Waals surface area contributed by atoms with Crippen molar-refractivity contribution in [3.8, 4) is 51.2 Å². The lowest BCUT2D eigenvalue weighted by Gasteiger charge is -2.20. The van der Waals surface area contributed by atoms with Gasteiger partial charge in [-0.2, -0.15) is 0 Å². The van der Waals surface area contributed by atoms with E-state index in [0.717, 1.165) is 89.2 Å². The summed E-state index contributed by atoms with van der Waals surface area (Å²) < 4.78 is 18.3. The molecule has 15 aromatic rings. The van der Waals surface area contributed by atoms with E-state index in [-0.39, 0.29) is 5.41 Å². The largest absolute Gasteiger partial charge is 0.458 e. The third-order valence-electron chi connectivity index (χ3n) is 15.4. The number of imidazole rings is 1. The van der Waals surface area contributed by atoms with Crippen LogP contribution in [0.25, 0.3) is 116 Å². The number of ether oxygens (including phenoxy) is 1. The maximum Gasteiger partial charge on any atom is 0.269 e. The lowest BCUT2D eigenvalue weighted by molar-refractivity contribution is -0.572. The second kappa shape index (κ2) is 17.3. The molecule has 0 N–H and O–H groups in total. The van der Waals surface area contributed by atoms with Crippen LogP contribution >= 0.6 is 0 Å². The first-order chi connectivity index (χ1) is 37.8. The molecule has 0 saturated heterocycles. The molecule has 15 rings (SSSR count). The Kier molecular flexibility index (Phi) is 10.00. The van der Waals surface area contributed by atoms with Crippen LogP contribution in [-0.2, 0) is 5.41 Å². The number of fused-ring (bicyclic) bond motifs is 10. The Hall–Kier alpha value is -9.98. The molecule has 7 nitrogen and oxygen atoms in total. The van der Waals surface area contributed by atoms with E-state index in [2.05, 4.69) is 287 Å². The number of benzene rings is 10. The molecule has 0 spiro atoms. The van der Waals surface area contributed by atoms with Crippen LogP contribution in [0.1, 0.15) is 26.3 Å². The minimum Gasteiger partial charge on any atom is -0.458 e. The molecule has 0 amide bonds. The normalized spacial score (nSPS) is 12.1. The number of rotatable bonds is 8. The fraction of sp³-hybridized carbons (Fsp3) is 0.0571. The van der Waals surface area contributed by atoms with Crippen molar-refractivity contribution in [2.75, 3.05) is 0 Å². The highest BCUT2D eigenvalue weighted by Crippen LogP contribution is 2.40. The Morgan fingerprint density at radius 3 is 1.58 bits per heavy atom. The number of aromatic nitrogens is 6. The fourth-order valence-electron chi connectivity index (χ4n) is 11.8. The third kappa shape index (κ3) is 7.26. The summed E-state index contributed by atoms with van der Waals surface area (Å²) in [5.74, 6) is 2.31. The van der Waals surface area contributed by atoms with Crippen LogP contribution in [-0.4, -0.2) is 23.3 Å². The van der Waals surface area contributed by atoms with Crippen LogP contribution in [0.2, 0.25) is 0 Å². The number of hydrogen-bond donors (Lipinski definition) is 0. The van der Waals surface area contributed by atoms with E-state index in [9.17, 15) is 0 Å². The Morgan fingerprint density at radius 2 is 0.948 bits per heavy atom. The van der Waals surface area contributed by atoms with Crippen LogP contribution in [0, 0.1) is 6.33 Å². The summed E-state index contributed by atoms with van der Waals surface area (Å²) in [7, 11) is 0. The van der Waals surface area contributed by atoms with Crippen LogP contribution in [0.5, 0.6) is 11.5 Å². The minimum atomic E-state index is -0.0497. The second-order valence-electron chi connectivity index (χ2n) is 21.1. The van der Waals surface area contributed by atoms with E-state index in [4.69, 9.17) is 9.72 Å². The van der Waals surface area contributed by atoms with E-state index >= 15 is 0 Å². The topological polar surface area (TPSA) is 45.7 Å². The summed E-state index contributed by atoms with van der Waals surface area (Å²) in [5.41, 5.74) is 16.3. The summed E-state index contributed by atoms with van der Waals surface area (Å²) in [6, 6.07) is 86.7. The first kappa shape index (κ1) is 44.5. The zero-order valence-electron chi connectivity index (χ0n) is 42.8. The molecule has 5 aromatic heterocycles. The number of para-hydroxylation sites is 6. The summed E-state index contributed by atoms with van der Waals surface area (Å²) >= 11 is 0. The monoisotopic (exact) mass is 990 g/mol. The SMILES string of the molecule is CC(C)(C)c1ccnc(-n2c3ccc(-c4ccccc4)cc3c3ccc(Oc4cccc(-n5[c-][n+](-c6cc(-n7c8ccccc8c8ccccc87)cc(-n7c8ccccc8c8ccccc87)c6)c6ccccc65)c4)cc32)c1. The standard InChI is InChI=1S/C70H50N6O/c1-70(2,3)48-36-37-71-69(39-48)76-65-35-32-47(46-18-5-4-6-19-46)38-60(65)59-34-33-54(44-68(59)76)77-53-21-17-20-49(43-53)72-45-73(67-31-16-15-30-66(67)72)50-40-51(74-61-26-11-7-22-55(61)56-23-8-12-27-62(56)74)42-52(41-50)75-63-28-13-9-24-57(63)58-25-10-14-29-64(58)75/h4-44H,1-3H3. The lowest BCUT2D eigenvalue weighted by atomic mass is 9.88. The highest BCUT2D eigenvalue weighted by molar-refractivity contribution is 6.12. The quantitative estimate of drug-likeness (QED) is 0.112. The summed E-state index contributed by atoms with van der Waals surface area (Å²) in [5, 5.41) is 7.15. The fourth-order valence-corrected chi connectivity index (χ4v) is 11.8. The molecule has 7 heteroatoms. The van der Waals surface area contributed by atoms with Crippen molar-refractivity contribution < 1.29 is 9.30 Å². The third-order valence-corrected chi connectivity index (χ3v) is 15.4. The predicted molar refractivity (Wildman–Crippen MR) is 315 cm³/mol. The molecule has 0 bridgehead atoms. The average molecular weight is 991 g/mol. The average Bonchev–Trinajstić information content (AvgIpc) is 4.35. The molecule has 366 valence electrons. The smallest absolute Gasteiger partial charge is 0.269 e. The Labute approximate surface area is 445 Å². The Bertz CT molecular complexity index is 4590. The predicted octanol–water partition coefficient (Wildman–Crippen LogP) is 17.2. The molecule has 5 heterocycles. The maximum absolute atomic E-state index is 6.89.